The van der Waals surface area contributed by atoms with Crippen LogP contribution < -0.4 is 0 Å². The molecule has 0 aliphatic heterocycles. The van der Waals surface area contributed by atoms with Crippen LogP contribution in [0, 0.1) is 0 Å². The zero-order valence-corrected chi connectivity index (χ0v) is 7.35. The van der Waals surface area contributed by atoms with Crippen LogP contribution in [0.1, 0.15) is 6.92 Å². The summed E-state index contributed by atoms with van der Waals surface area (Å²) in [5.41, 5.74) is -1.65. The highest BCUT2D eigenvalue weighted by molar-refractivity contribution is 9.12. The second kappa shape index (κ2) is 2.53. The van der Waals surface area contributed by atoms with Gasteiger partial charge in [-0.2, -0.15) is 0 Å². The number of allylic oxidation sites excluding steroid dienone is 2. The Morgan fingerprint density at radius 3 is 2.73 bits per heavy atom. The van der Waals surface area contributed by atoms with E-state index in [2.05, 4.69) is 15.9 Å². The van der Waals surface area contributed by atoms with Crippen molar-refractivity contribution in [2.75, 3.05) is 0 Å². The van der Waals surface area contributed by atoms with Gasteiger partial charge in [0.2, 0.25) is 0 Å². The van der Waals surface area contributed by atoms with E-state index >= 15 is 0 Å². The molecule has 11 heavy (non-hydrogen) atoms. The Morgan fingerprint density at radius 2 is 2.27 bits per heavy atom. The summed E-state index contributed by atoms with van der Waals surface area (Å²) in [6.45, 7) is 1.27. The van der Waals surface area contributed by atoms with Gasteiger partial charge in [0.05, 0.1) is 4.48 Å². The van der Waals surface area contributed by atoms with Crippen molar-refractivity contribution in [1.82, 2.24) is 0 Å². The van der Waals surface area contributed by atoms with Gasteiger partial charge in [0.15, 0.2) is 5.78 Å². The molecule has 0 fully saturated rings. The van der Waals surface area contributed by atoms with Crippen LogP contribution in [0.2, 0.25) is 0 Å². The van der Waals surface area contributed by atoms with Crippen LogP contribution in [0.25, 0.3) is 0 Å². The second-order valence-corrected chi connectivity index (χ2v) is 3.35. The molecule has 2 nitrogen and oxygen atoms in total. The molecular formula is C7H6BrFO2. The van der Waals surface area contributed by atoms with Gasteiger partial charge in [-0.1, -0.05) is 0 Å². The van der Waals surface area contributed by atoms with Gasteiger partial charge in [-0.3, -0.25) is 4.79 Å². The number of hydrogen-bond donors (Lipinski definition) is 1. The first kappa shape index (κ1) is 8.62. The van der Waals surface area contributed by atoms with Crippen molar-refractivity contribution in [3.63, 3.8) is 0 Å². The van der Waals surface area contributed by atoms with E-state index in [1.54, 1.807) is 0 Å². The quantitative estimate of drug-likeness (QED) is 0.672. The lowest BCUT2D eigenvalue weighted by Crippen LogP contribution is -2.26. The largest absolute Gasteiger partial charge is 0.379 e. The Labute approximate surface area is 71.5 Å². The van der Waals surface area contributed by atoms with Gasteiger partial charge >= 0.3 is 0 Å². The molecule has 0 aromatic rings. The minimum atomic E-state index is -1.65. The predicted octanol–water partition coefficient (Wildman–Crippen LogP) is 1.45. The Hall–Kier alpha value is -0.480. The Balaban J connectivity index is 3.08. The third-order valence-corrected chi connectivity index (χ3v) is 2.00. The Morgan fingerprint density at radius 1 is 1.73 bits per heavy atom. The summed E-state index contributed by atoms with van der Waals surface area (Å²) in [4.78, 5) is 10.7. The van der Waals surface area contributed by atoms with Crippen molar-refractivity contribution in [3.05, 3.63) is 22.5 Å². The van der Waals surface area contributed by atoms with Gasteiger partial charge in [-0.05, 0) is 28.9 Å². The number of hydrogen-bond acceptors (Lipinski definition) is 2. The smallest absolute Gasteiger partial charge is 0.195 e. The van der Waals surface area contributed by atoms with Crippen molar-refractivity contribution in [1.29, 1.82) is 0 Å². The minimum absolute atomic E-state index is 0.184. The van der Waals surface area contributed by atoms with Crippen molar-refractivity contribution >= 4 is 21.7 Å². The first-order chi connectivity index (χ1) is 4.93. The van der Waals surface area contributed by atoms with Crippen molar-refractivity contribution in [3.8, 4) is 0 Å². The van der Waals surface area contributed by atoms with Gasteiger partial charge in [0.25, 0.3) is 0 Å². The summed E-state index contributed by atoms with van der Waals surface area (Å²) in [6, 6.07) is 0. The molecular weight excluding hydrogens is 215 g/mol. The maximum Gasteiger partial charge on any atom is 0.195 e. The fourth-order valence-corrected chi connectivity index (χ4v) is 1.28. The number of ketones is 1. The van der Waals surface area contributed by atoms with E-state index in [9.17, 15) is 14.3 Å². The predicted molar refractivity (Wildman–Crippen MR) is 41.8 cm³/mol. The van der Waals surface area contributed by atoms with E-state index in [-0.39, 0.29) is 4.48 Å². The third kappa shape index (κ3) is 1.57. The van der Waals surface area contributed by atoms with Crippen LogP contribution in [0.4, 0.5) is 4.39 Å². The molecule has 1 N–H and O–H groups in total. The van der Waals surface area contributed by atoms with Crippen molar-refractivity contribution < 1.29 is 14.3 Å². The number of halogens is 2. The van der Waals surface area contributed by atoms with E-state index in [4.69, 9.17) is 0 Å². The zero-order chi connectivity index (χ0) is 8.65. The summed E-state index contributed by atoms with van der Waals surface area (Å²) in [5.74, 6) is -1.29. The molecule has 4 heteroatoms. The van der Waals surface area contributed by atoms with E-state index < -0.39 is 17.2 Å². The summed E-state index contributed by atoms with van der Waals surface area (Å²) < 4.78 is 12.9. The first-order valence-corrected chi connectivity index (χ1v) is 3.75. The molecule has 0 aromatic heterocycles. The second-order valence-electron chi connectivity index (χ2n) is 2.50. The molecule has 0 unspecified atom stereocenters. The zero-order valence-electron chi connectivity index (χ0n) is 5.77. The molecule has 0 aromatic carbocycles. The molecule has 0 saturated carbocycles. The molecule has 1 atom stereocenters. The number of rotatable bonds is 0. The van der Waals surface area contributed by atoms with E-state index in [0.29, 0.717) is 0 Å². The van der Waals surface area contributed by atoms with Crippen molar-refractivity contribution in [2.45, 2.75) is 12.5 Å². The summed E-state index contributed by atoms with van der Waals surface area (Å²) in [5, 5.41) is 9.23. The van der Waals surface area contributed by atoms with Crippen LogP contribution in [0.5, 0.6) is 0 Å². The minimum Gasteiger partial charge on any atom is -0.379 e. The Kier molecular flexibility index (Phi) is 1.98. The molecule has 60 valence electrons. The standard InChI is InChI=1S/C7H6BrFO2/c1-7(11)3-4(8)5(10)2-6(7)9/h2-3,11H,1H3/t7-/m0/s1. The summed E-state index contributed by atoms with van der Waals surface area (Å²) >= 11 is 2.90. The molecule has 0 spiro atoms. The van der Waals surface area contributed by atoms with E-state index in [1.165, 1.54) is 6.92 Å². The monoisotopic (exact) mass is 220 g/mol. The average molecular weight is 221 g/mol. The van der Waals surface area contributed by atoms with Gasteiger partial charge in [-0.15, -0.1) is 0 Å². The lowest BCUT2D eigenvalue weighted by molar-refractivity contribution is -0.111. The van der Waals surface area contributed by atoms with Crippen LogP contribution in [0.3, 0.4) is 0 Å². The lowest BCUT2D eigenvalue weighted by Gasteiger charge is -2.20. The van der Waals surface area contributed by atoms with E-state index in [0.717, 1.165) is 12.2 Å². The van der Waals surface area contributed by atoms with Gasteiger partial charge in [0.1, 0.15) is 11.4 Å². The highest BCUT2D eigenvalue weighted by atomic mass is 79.9. The molecule has 0 amide bonds. The topological polar surface area (TPSA) is 37.3 Å². The van der Waals surface area contributed by atoms with Crippen LogP contribution in [0.15, 0.2) is 22.5 Å². The summed E-state index contributed by atoms with van der Waals surface area (Å²) in [6.07, 6.45) is 1.90. The van der Waals surface area contributed by atoms with Gasteiger partial charge < -0.3 is 5.11 Å². The molecule has 1 aliphatic carbocycles. The van der Waals surface area contributed by atoms with Gasteiger partial charge in [-0.25, -0.2) is 4.39 Å². The molecule has 0 heterocycles. The third-order valence-electron chi connectivity index (χ3n) is 1.38. The van der Waals surface area contributed by atoms with Crippen molar-refractivity contribution in [2.24, 2.45) is 0 Å². The van der Waals surface area contributed by atoms with Crippen LogP contribution >= 0.6 is 15.9 Å². The van der Waals surface area contributed by atoms with Crippen LogP contribution in [-0.4, -0.2) is 16.5 Å². The fraction of sp³-hybridized carbons (Fsp3) is 0.286. The lowest BCUT2D eigenvalue weighted by atomic mass is 9.99. The normalized spacial score (nSPS) is 31.5. The SMILES string of the molecule is C[C@]1(O)C=C(Br)C(=O)C=C1F. The number of carbonyl (C=O) groups is 1. The highest BCUT2D eigenvalue weighted by Gasteiger charge is 2.30. The molecule has 0 bridgehead atoms. The Bertz CT molecular complexity index is 266. The van der Waals surface area contributed by atoms with Crippen LogP contribution in [-0.2, 0) is 4.79 Å². The fourth-order valence-electron chi connectivity index (χ4n) is 0.717. The highest BCUT2D eigenvalue weighted by Crippen LogP contribution is 2.28. The maximum absolute atomic E-state index is 12.7. The molecule has 0 saturated heterocycles. The molecule has 1 aliphatic rings. The van der Waals surface area contributed by atoms with Gasteiger partial charge in [0, 0.05) is 6.08 Å². The first-order valence-electron chi connectivity index (χ1n) is 2.96. The number of aliphatic hydroxyl groups is 1. The molecule has 1 rings (SSSR count). The maximum atomic E-state index is 12.7. The average Bonchev–Trinajstić information content (AvgIpc) is 1.83. The summed E-state index contributed by atoms with van der Waals surface area (Å²) in [7, 11) is 0. The number of carbonyl (C=O) groups excluding carboxylic acids is 1. The van der Waals surface area contributed by atoms with E-state index in [1.807, 2.05) is 0 Å². The molecule has 0 radical (unpaired) electrons.